The van der Waals surface area contributed by atoms with E-state index in [4.69, 9.17) is 11.6 Å². The quantitative estimate of drug-likeness (QED) is 0.818. The van der Waals surface area contributed by atoms with Gasteiger partial charge in [0.25, 0.3) is 0 Å². The van der Waals surface area contributed by atoms with Crippen molar-refractivity contribution in [1.29, 1.82) is 0 Å². The molecule has 1 aliphatic heterocycles. The number of nitrogens with one attached hydrogen (secondary N) is 1. The predicted molar refractivity (Wildman–Crippen MR) is 90.1 cm³/mol. The molecule has 6 nitrogen and oxygen atoms in total. The van der Waals surface area contributed by atoms with Gasteiger partial charge < -0.3 is 0 Å². The number of benzene rings is 1. The van der Waals surface area contributed by atoms with Crippen molar-refractivity contribution in [2.24, 2.45) is 5.92 Å². The summed E-state index contributed by atoms with van der Waals surface area (Å²) < 4.78 is 51.9. The Labute approximate surface area is 142 Å². The fourth-order valence-corrected chi connectivity index (χ4v) is 4.73. The van der Waals surface area contributed by atoms with Crippen LogP contribution in [0.2, 0.25) is 5.02 Å². The Hall–Kier alpha value is -0.930. The summed E-state index contributed by atoms with van der Waals surface area (Å²) in [7, 11) is -7.09. The van der Waals surface area contributed by atoms with Crippen LogP contribution in [-0.2, 0) is 20.0 Å². The molecule has 0 radical (unpaired) electrons. The Morgan fingerprint density at radius 3 is 2.52 bits per heavy atom. The maximum atomic E-state index is 12.6. The van der Waals surface area contributed by atoms with Crippen molar-refractivity contribution in [3.63, 3.8) is 0 Å². The third-order valence-corrected chi connectivity index (χ3v) is 6.86. The first-order chi connectivity index (χ1) is 10.7. The molecule has 1 N–H and O–H groups in total. The highest BCUT2D eigenvalue weighted by Crippen LogP contribution is 2.24. The smallest absolute Gasteiger partial charge is 0.211 e. The molecule has 1 atom stereocenters. The lowest BCUT2D eigenvalue weighted by Gasteiger charge is -2.31. The van der Waals surface area contributed by atoms with Crippen LogP contribution in [0.15, 0.2) is 41.1 Å². The average Bonchev–Trinajstić information content (AvgIpc) is 2.54. The molecule has 1 aromatic rings. The fourth-order valence-electron chi connectivity index (χ4n) is 2.46. The number of sulfonamides is 2. The fraction of sp³-hybridized carbons (Fsp3) is 0.429. The van der Waals surface area contributed by atoms with E-state index in [0.717, 1.165) is 11.8 Å². The van der Waals surface area contributed by atoms with Crippen LogP contribution in [0.1, 0.15) is 12.8 Å². The van der Waals surface area contributed by atoms with Crippen molar-refractivity contribution in [3.8, 4) is 0 Å². The van der Waals surface area contributed by atoms with Crippen LogP contribution in [0.3, 0.4) is 0 Å². The Morgan fingerprint density at radius 2 is 1.91 bits per heavy atom. The lowest BCUT2D eigenvalue weighted by Crippen LogP contribution is -2.43. The van der Waals surface area contributed by atoms with Crippen molar-refractivity contribution >= 4 is 31.6 Å². The zero-order valence-electron chi connectivity index (χ0n) is 12.5. The zero-order valence-corrected chi connectivity index (χ0v) is 14.9. The molecule has 2 rings (SSSR count). The van der Waals surface area contributed by atoms with Crippen LogP contribution in [0.4, 0.5) is 0 Å². The molecular formula is C14H19ClN2O4S2. The lowest BCUT2D eigenvalue weighted by molar-refractivity contribution is 0.267. The second-order valence-electron chi connectivity index (χ2n) is 5.39. The predicted octanol–water partition coefficient (Wildman–Crippen LogP) is 1.80. The van der Waals surface area contributed by atoms with Crippen molar-refractivity contribution in [2.75, 3.05) is 19.6 Å². The summed E-state index contributed by atoms with van der Waals surface area (Å²) >= 11 is 5.79. The van der Waals surface area contributed by atoms with Gasteiger partial charge in [0, 0.05) is 30.1 Å². The highest BCUT2D eigenvalue weighted by molar-refractivity contribution is 7.92. The van der Waals surface area contributed by atoms with E-state index in [1.54, 1.807) is 0 Å². The van der Waals surface area contributed by atoms with Crippen LogP contribution < -0.4 is 4.72 Å². The molecule has 1 aromatic carbocycles. The first-order valence-corrected chi connectivity index (χ1v) is 10.5. The summed E-state index contributed by atoms with van der Waals surface area (Å²) in [5.41, 5.74) is 0. The maximum absolute atomic E-state index is 12.6. The van der Waals surface area contributed by atoms with Crippen molar-refractivity contribution < 1.29 is 16.8 Å². The standard InChI is InChI=1S/C14H19ClN2O4S2/c1-2-22(18,19)16-10-12-4-3-9-17(11-12)23(20,21)14-7-5-13(15)6-8-14/h2,5-8,12,16H,1,3-4,9-11H2. The second kappa shape index (κ2) is 7.31. The van der Waals surface area contributed by atoms with Gasteiger partial charge in [0.05, 0.1) is 4.90 Å². The largest absolute Gasteiger partial charge is 0.243 e. The molecule has 23 heavy (non-hydrogen) atoms. The van der Waals surface area contributed by atoms with Crippen LogP contribution in [0.25, 0.3) is 0 Å². The Balaban J connectivity index is 2.08. The van der Waals surface area contributed by atoms with Crippen molar-refractivity contribution in [3.05, 3.63) is 41.3 Å². The minimum absolute atomic E-state index is 0.0689. The highest BCUT2D eigenvalue weighted by Gasteiger charge is 2.30. The molecule has 1 heterocycles. The summed E-state index contributed by atoms with van der Waals surface area (Å²) in [6.45, 7) is 4.13. The van der Waals surface area contributed by atoms with Gasteiger partial charge in [0.15, 0.2) is 0 Å². The molecule has 0 saturated carbocycles. The van der Waals surface area contributed by atoms with Crippen LogP contribution in [-0.4, -0.2) is 40.8 Å². The number of hydrogen-bond acceptors (Lipinski definition) is 4. The third-order valence-electron chi connectivity index (χ3n) is 3.73. The van der Waals surface area contributed by atoms with E-state index in [1.807, 2.05) is 0 Å². The summed E-state index contributed by atoms with van der Waals surface area (Å²) in [5, 5.41) is 1.32. The second-order valence-corrected chi connectivity index (χ2v) is 9.47. The van der Waals surface area contributed by atoms with E-state index in [1.165, 1.54) is 28.6 Å². The highest BCUT2D eigenvalue weighted by atomic mass is 35.5. The monoisotopic (exact) mass is 378 g/mol. The minimum atomic E-state index is -3.59. The molecule has 9 heteroatoms. The first kappa shape index (κ1) is 18.4. The molecule has 0 spiro atoms. The molecule has 1 saturated heterocycles. The molecule has 1 aliphatic rings. The zero-order chi connectivity index (χ0) is 17.1. The van der Waals surface area contributed by atoms with E-state index in [-0.39, 0.29) is 23.9 Å². The number of halogens is 1. The van der Waals surface area contributed by atoms with Crippen LogP contribution in [0.5, 0.6) is 0 Å². The van der Waals surface area contributed by atoms with Crippen LogP contribution in [0, 0.1) is 5.92 Å². The normalized spacial score (nSPS) is 20.3. The molecular weight excluding hydrogens is 360 g/mol. The number of hydrogen-bond donors (Lipinski definition) is 1. The number of piperidine rings is 1. The van der Waals surface area contributed by atoms with Gasteiger partial charge in [-0.3, -0.25) is 0 Å². The summed E-state index contributed by atoms with van der Waals surface area (Å²) in [5.74, 6) is -0.0689. The molecule has 1 unspecified atom stereocenters. The van der Waals surface area contributed by atoms with Gasteiger partial charge in [-0.15, -0.1) is 0 Å². The number of rotatable bonds is 6. The molecule has 128 valence electrons. The summed E-state index contributed by atoms with van der Waals surface area (Å²) in [6, 6.07) is 6.02. The van der Waals surface area contributed by atoms with Crippen molar-refractivity contribution in [1.82, 2.24) is 9.03 Å². The molecule has 0 aliphatic carbocycles. The van der Waals surface area contributed by atoms with Gasteiger partial charge in [0.2, 0.25) is 20.0 Å². The SMILES string of the molecule is C=CS(=O)(=O)NCC1CCCN(S(=O)(=O)c2ccc(Cl)cc2)C1. The van der Waals surface area contributed by atoms with E-state index in [0.29, 0.717) is 18.0 Å². The molecule has 0 amide bonds. The van der Waals surface area contributed by atoms with E-state index < -0.39 is 20.0 Å². The van der Waals surface area contributed by atoms with E-state index in [9.17, 15) is 16.8 Å². The van der Waals surface area contributed by atoms with Gasteiger partial charge in [-0.1, -0.05) is 18.2 Å². The van der Waals surface area contributed by atoms with E-state index >= 15 is 0 Å². The molecule has 0 bridgehead atoms. The van der Waals surface area contributed by atoms with Gasteiger partial charge >= 0.3 is 0 Å². The van der Waals surface area contributed by atoms with E-state index in [2.05, 4.69) is 11.3 Å². The Morgan fingerprint density at radius 1 is 1.26 bits per heavy atom. The number of nitrogens with zero attached hydrogens (tertiary/aromatic N) is 1. The third kappa shape index (κ3) is 4.77. The van der Waals surface area contributed by atoms with Crippen LogP contribution >= 0.6 is 11.6 Å². The van der Waals surface area contributed by atoms with Gasteiger partial charge in [-0.2, -0.15) is 4.31 Å². The first-order valence-electron chi connectivity index (χ1n) is 7.12. The average molecular weight is 379 g/mol. The Bertz CT molecular complexity index is 760. The van der Waals surface area contributed by atoms with Gasteiger partial charge in [0.1, 0.15) is 0 Å². The lowest BCUT2D eigenvalue weighted by atomic mass is 10.0. The molecule has 0 aromatic heterocycles. The summed E-state index contributed by atoms with van der Waals surface area (Å²) in [6.07, 6.45) is 1.46. The minimum Gasteiger partial charge on any atom is -0.211 e. The molecule has 1 fully saturated rings. The Kier molecular flexibility index (Phi) is 5.85. The summed E-state index contributed by atoms with van der Waals surface area (Å²) in [4.78, 5) is 0.189. The van der Waals surface area contributed by atoms with Crippen molar-refractivity contribution in [2.45, 2.75) is 17.7 Å². The topological polar surface area (TPSA) is 83.6 Å². The van der Waals surface area contributed by atoms with Gasteiger partial charge in [-0.25, -0.2) is 21.6 Å². The van der Waals surface area contributed by atoms with Gasteiger partial charge in [-0.05, 0) is 43.0 Å². The maximum Gasteiger partial charge on any atom is 0.243 e.